The van der Waals surface area contributed by atoms with Crippen molar-refractivity contribution in [3.05, 3.63) is 48.3 Å². The first kappa shape index (κ1) is 25.5. The van der Waals surface area contributed by atoms with Crippen molar-refractivity contribution in [3.8, 4) is 5.75 Å². The summed E-state index contributed by atoms with van der Waals surface area (Å²) in [6.07, 6.45) is 6.05. The molecule has 2 aliphatic heterocycles. The lowest BCUT2D eigenvalue weighted by Gasteiger charge is -2.37. The molecule has 8 nitrogen and oxygen atoms in total. The zero-order chi connectivity index (χ0) is 22.2. The molecular formula is C24H36IN7O. The van der Waals surface area contributed by atoms with Gasteiger partial charge in [0, 0.05) is 58.7 Å². The Morgan fingerprint density at radius 2 is 1.70 bits per heavy atom. The van der Waals surface area contributed by atoms with E-state index in [9.17, 15) is 0 Å². The summed E-state index contributed by atoms with van der Waals surface area (Å²) < 4.78 is 5.26. The molecule has 180 valence electrons. The highest BCUT2D eigenvalue weighted by atomic mass is 127. The molecule has 9 heteroatoms. The van der Waals surface area contributed by atoms with Crippen molar-refractivity contribution < 1.29 is 4.74 Å². The first-order valence-electron chi connectivity index (χ1n) is 11.6. The summed E-state index contributed by atoms with van der Waals surface area (Å²) in [4.78, 5) is 20.4. The first-order valence-corrected chi connectivity index (χ1v) is 11.6. The van der Waals surface area contributed by atoms with Gasteiger partial charge in [0.1, 0.15) is 5.75 Å². The van der Waals surface area contributed by atoms with E-state index in [0.717, 1.165) is 70.0 Å². The highest BCUT2D eigenvalue weighted by Gasteiger charge is 2.23. The third kappa shape index (κ3) is 7.17. The maximum atomic E-state index is 5.26. The maximum Gasteiger partial charge on any atom is 0.225 e. The number of benzene rings is 1. The lowest BCUT2D eigenvalue weighted by Crippen LogP contribution is -2.53. The minimum absolute atomic E-state index is 0. The number of anilines is 1. The number of rotatable bonds is 6. The minimum atomic E-state index is 0. The molecule has 1 aromatic heterocycles. The van der Waals surface area contributed by atoms with Gasteiger partial charge in [-0.05, 0) is 55.6 Å². The van der Waals surface area contributed by atoms with Gasteiger partial charge >= 0.3 is 0 Å². The topological polar surface area (TPSA) is 69.1 Å². The molecule has 2 fully saturated rings. The van der Waals surface area contributed by atoms with Gasteiger partial charge in [0.25, 0.3) is 0 Å². The second kappa shape index (κ2) is 12.9. The standard InChI is InChI=1S/C24H35N7O.HI/c1-25-23(30-14-16-31(17-15-30)24-26-10-3-11-27-24)28-18-20-8-12-29(13-9-20)19-21-4-6-22(32-2)7-5-21;/h3-7,10-11,20H,8-9,12-19H2,1-2H3,(H,25,28);1H. The molecule has 0 saturated carbocycles. The molecule has 1 N–H and O–H groups in total. The van der Waals surface area contributed by atoms with Crippen LogP contribution < -0.4 is 15.0 Å². The molecule has 2 aliphatic rings. The number of guanidine groups is 1. The van der Waals surface area contributed by atoms with Crippen molar-refractivity contribution in [2.45, 2.75) is 19.4 Å². The van der Waals surface area contributed by atoms with Crippen molar-refractivity contribution >= 4 is 35.9 Å². The Bertz CT molecular complexity index is 849. The van der Waals surface area contributed by atoms with E-state index in [-0.39, 0.29) is 24.0 Å². The van der Waals surface area contributed by atoms with Gasteiger partial charge < -0.3 is 19.9 Å². The largest absolute Gasteiger partial charge is 0.497 e. The highest BCUT2D eigenvalue weighted by molar-refractivity contribution is 14.0. The molecule has 1 aromatic carbocycles. The Labute approximate surface area is 214 Å². The van der Waals surface area contributed by atoms with Crippen LogP contribution in [0.2, 0.25) is 0 Å². The summed E-state index contributed by atoms with van der Waals surface area (Å²) >= 11 is 0. The van der Waals surface area contributed by atoms with Crippen molar-refractivity contribution in [2.24, 2.45) is 10.9 Å². The number of piperidine rings is 1. The van der Waals surface area contributed by atoms with E-state index in [0.29, 0.717) is 5.92 Å². The molecule has 0 atom stereocenters. The monoisotopic (exact) mass is 565 g/mol. The van der Waals surface area contributed by atoms with Crippen LogP contribution in [0, 0.1) is 5.92 Å². The smallest absolute Gasteiger partial charge is 0.225 e. The second-order valence-corrected chi connectivity index (χ2v) is 8.52. The summed E-state index contributed by atoms with van der Waals surface area (Å²) in [5.74, 6) is 3.44. The van der Waals surface area contributed by atoms with Crippen molar-refractivity contribution in [3.63, 3.8) is 0 Å². The molecule has 3 heterocycles. The van der Waals surface area contributed by atoms with Gasteiger partial charge in [-0.3, -0.25) is 9.89 Å². The molecular weight excluding hydrogens is 529 g/mol. The van der Waals surface area contributed by atoms with E-state index in [1.807, 2.05) is 25.2 Å². The second-order valence-electron chi connectivity index (χ2n) is 8.52. The third-order valence-corrected chi connectivity index (χ3v) is 6.45. The zero-order valence-electron chi connectivity index (χ0n) is 19.7. The molecule has 0 spiro atoms. The Balaban J connectivity index is 0.00000306. The van der Waals surface area contributed by atoms with E-state index < -0.39 is 0 Å². The van der Waals surface area contributed by atoms with Crippen LogP contribution in [0.4, 0.5) is 5.95 Å². The fraction of sp³-hybridized carbons (Fsp3) is 0.542. The normalized spacial score (nSPS) is 18.1. The number of hydrogen-bond acceptors (Lipinski definition) is 6. The van der Waals surface area contributed by atoms with Gasteiger partial charge in [-0.25, -0.2) is 9.97 Å². The Morgan fingerprint density at radius 3 is 2.30 bits per heavy atom. The number of aliphatic imine (C=N–C) groups is 1. The van der Waals surface area contributed by atoms with Crippen LogP contribution >= 0.6 is 24.0 Å². The van der Waals surface area contributed by atoms with Crippen molar-refractivity contribution in [1.82, 2.24) is 25.1 Å². The molecule has 0 radical (unpaired) electrons. The predicted molar refractivity (Wildman–Crippen MR) is 144 cm³/mol. The number of halogens is 1. The number of hydrogen-bond donors (Lipinski definition) is 1. The molecule has 0 aliphatic carbocycles. The molecule has 2 aromatic rings. The van der Waals surface area contributed by atoms with Crippen LogP contribution in [0.3, 0.4) is 0 Å². The lowest BCUT2D eigenvalue weighted by molar-refractivity contribution is 0.177. The summed E-state index contributed by atoms with van der Waals surface area (Å²) in [7, 11) is 3.59. The Hall–Kier alpha value is -2.14. The molecule has 33 heavy (non-hydrogen) atoms. The summed E-state index contributed by atoms with van der Waals surface area (Å²) in [5.41, 5.74) is 1.35. The minimum Gasteiger partial charge on any atom is -0.497 e. The quantitative estimate of drug-likeness (QED) is 0.328. The third-order valence-electron chi connectivity index (χ3n) is 6.45. The van der Waals surface area contributed by atoms with Gasteiger partial charge in [-0.15, -0.1) is 24.0 Å². The van der Waals surface area contributed by atoms with E-state index in [4.69, 9.17) is 4.74 Å². The van der Waals surface area contributed by atoms with Crippen LogP contribution in [-0.2, 0) is 6.54 Å². The van der Waals surface area contributed by atoms with E-state index in [1.54, 1.807) is 19.5 Å². The average molecular weight is 566 g/mol. The van der Waals surface area contributed by atoms with E-state index in [1.165, 1.54) is 18.4 Å². The summed E-state index contributed by atoms with van der Waals surface area (Å²) in [5, 5.41) is 3.63. The number of ether oxygens (including phenoxy) is 1. The summed E-state index contributed by atoms with van der Waals surface area (Å²) in [6, 6.07) is 10.3. The van der Waals surface area contributed by atoms with Gasteiger partial charge in [-0.2, -0.15) is 0 Å². The number of methoxy groups -OCH3 is 1. The maximum absolute atomic E-state index is 5.26. The van der Waals surface area contributed by atoms with Crippen LogP contribution in [0.15, 0.2) is 47.7 Å². The number of nitrogens with zero attached hydrogens (tertiary/aromatic N) is 6. The van der Waals surface area contributed by atoms with E-state index >= 15 is 0 Å². The predicted octanol–water partition coefficient (Wildman–Crippen LogP) is 2.71. The van der Waals surface area contributed by atoms with Gasteiger partial charge in [0.2, 0.25) is 5.95 Å². The molecule has 0 bridgehead atoms. The number of likely N-dealkylation sites (tertiary alicyclic amines) is 1. The molecule has 4 rings (SSSR count). The Kier molecular flexibility index (Phi) is 9.98. The lowest BCUT2D eigenvalue weighted by atomic mass is 9.96. The molecule has 0 amide bonds. The zero-order valence-corrected chi connectivity index (χ0v) is 22.0. The fourth-order valence-corrected chi connectivity index (χ4v) is 4.48. The van der Waals surface area contributed by atoms with Gasteiger partial charge in [-0.1, -0.05) is 12.1 Å². The van der Waals surface area contributed by atoms with Crippen molar-refractivity contribution in [2.75, 3.05) is 64.9 Å². The van der Waals surface area contributed by atoms with Crippen LogP contribution in [0.25, 0.3) is 0 Å². The van der Waals surface area contributed by atoms with Crippen LogP contribution in [0.1, 0.15) is 18.4 Å². The first-order chi connectivity index (χ1) is 15.7. The molecule has 0 unspecified atom stereocenters. The SMILES string of the molecule is CN=C(NCC1CCN(Cc2ccc(OC)cc2)CC1)N1CCN(c2ncccn2)CC1.I. The molecule has 2 saturated heterocycles. The highest BCUT2D eigenvalue weighted by Crippen LogP contribution is 2.20. The average Bonchev–Trinajstić information content (AvgIpc) is 2.87. The Morgan fingerprint density at radius 1 is 1.03 bits per heavy atom. The number of aromatic nitrogens is 2. The summed E-state index contributed by atoms with van der Waals surface area (Å²) in [6.45, 7) is 7.98. The van der Waals surface area contributed by atoms with E-state index in [2.05, 4.69) is 47.1 Å². The van der Waals surface area contributed by atoms with Crippen LogP contribution in [0.5, 0.6) is 5.75 Å². The number of piperazine rings is 1. The van der Waals surface area contributed by atoms with Gasteiger partial charge in [0.15, 0.2) is 5.96 Å². The van der Waals surface area contributed by atoms with Gasteiger partial charge in [0.05, 0.1) is 7.11 Å². The van der Waals surface area contributed by atoms with Crippen molar-refractivity contribution in [1.29, 1.82) is 0 Å². The fourth-order valence-electron chi connectivity index (χ4n) is 4.48. The number of nitrogens with one attached hydrogen (secondary N) is 1. The van der Waals surface area contributed by atoms with Crippen LogP contribution in [-0.4, -0.2) is 85.7 Å².